The number of hydrogen-bond acceptors (Lipinski definition) is 1. The quantitative estimate of drug-likeness (QED) is 0.482. The van der Waals surface area contributed by atoms with Crippen LogP contribution in [-0.4, -0.2) is 0 Å². The fourth-order valence-corrected chi connectivity index (χ4v) is 4.35. The summed E-state index contributed by atoms with van der Waals surface area (Å²) in [5.41, 5.74) is 14.9. The van der Waals surface area contributed by atoms with Gasteiger partial charge in [-0.3, -0.25) is 0 Å². The Balaban J connectivity index is 1.81. The maximum atomic E-state index is 6.03. The molecule has 1 aromatic rings. The third kappa shape index (κ3) is 5.14. The van der Waals surface area contributed by atoms with Crippen LogP contribution in [0, 0.1) is 18.3 Å². The highest BCUT2D eigenvalue weighted by molar-refractivity contribution is 5.50. The molecule has 0 radical (unpaired) electrons. The second kappa shape index (κ2) is 9.08. The standard InChI is InChI=1S/C29H37N/c1-7-23-10-11-26(22(4)25-12-13-28(30)21(3)18-25)19-27(23)17-20(2)24-9-8-15-29(5,6)16-14-24/h8-10,12-16,18-19,22,26H,2,7,11,17,30H2,1,3-6H3. The van der Waals surface area contributed by atoms with E-state index in [9.17, 15) is 0 Å². The van der Waals surface area contributed by atoms with E-state index in [1.165, 1.54) is 33.4 Å². The van der Waals surface area contributed by atoms with E-state index in [-0.39, 0.29) is 5.41 Å². The summed E-state index contributed by atoms with van der Waals surface area (Å²) >= 11 is 0. The van der Waals surface area contributed by atoms with Crippen LogP contribution < -0.4 is 5.73 Å². The van der Waals surface area contributed by atoms with Crippen molar-refractivity contribution in [3.8, 4) is 0 Å². The molecule has 0 aromatic heterocycles. The van der Waals surface area contributed by atoms with Gasteiger partial charge in [-0.1, -0.05) is 88.9 Å². The van der Waals surface area contributed by atoms with Gasteiger partial charge in [-0.2, -0.15) is 0 Å². The van der Waals surface area contributed by atoms with Crippen LogP contribution in [0.1, 0.15) is 64.0 Å². The molecule has 1 aromatic carbocycles. The summed E-state index contributed by atoms with van der Waals surface area (Å²) in [7, 11) is 0. The van der Waals surface area contributed by atoms with E-state index in [2.05, 4.69) is 95.9 Å². The lowest BCUT2D eigenvalue weighted by Crippen LogP contribution is -2.13. The number of hydrogen-bond donors (Lipinski definition) is 1. The molecule has 2 aliphatic carbocycles. The number of allylic oxidation sites excluding steroid dienone is 11. The molecular weight excluding hydrogens is 362 g/mol. The first-order chi connectivity index (χ1) is 14.2. The van der Waals surface area contributed by atoms with Crippen molar-refractivity contribution in [3.05, 3.63) is 101 Å². The van der Waals surface area contributed by atoms with E-state index < -0.39 is 0 Å². The Morgan fingerprint density at radius 3 is 2.70 bits per heavy atom. The van der Waals surface area contributed by atoms with Crippen molar-refractivity contribution in [2.75, 3.05) is 5.73 Å². The molecule has 2 atom stereocenters. The van der Waals surface area contributed by atoms with E-state index in [0.29, 0.717) is 11.8 Å². The van der Waals surface area contributed by atoms with E-state index >= 15 is 0 Å². The number of aryl methyl sites for hydroxylation is 1. The van der Waals surface area contributed by atoms with Gasteiger partial charge < -0.3 is 5.73 Å². The summed E-state index contributed by atoms with van der Waals surface area (Å²) in [5.74, 6) is 0.964. The Bertz CT molecular complexity index is 962. The average molecular weight is 400 g/mol. The van der Waals surface area contributed by atoms with Crippen molar-refractivity contribution in [1.29, 1.82) is 0 Å². The van der Waals surface area contributed by atoms with Gasteiger partial charge in [-0.25, -0.2) is 0 Å². The third-order valence-electron chi connectivity index (χ3n) is 6.61. The largest absolute Gasteiger partial charge is 0.399 e. The summed E-state index contributed by atoms with van der Waals surface area (Å²) in [5, 5.41) is 0. The van der Waals surface area contributed by atoms with Crippen molar-refractivity contribution in [3.63, 3.8) is 0 Å². The van der Waals surface area contributed by atoms with Crippen molar-refractivity contribution in [2.45, 2.75) is 59.8 Å². The number of anilines is 1. The van der Waals surface area contributed by atoms with E-state index in [1.54, 1.807) is 0 Å². The lowest BCUT2D eigenvalue weighted by atomic mass is 9.77. The predicted molar refractivity (Wildman–Crippen MR) is 132 cm³/mol. The van der Waals surface area contributed by atoms with Gasteiger partial charge in [0.1, 0.15) is 0 Å². The molecule has 0 saturated carbocycles. The second-order valence-electron chi connectivity index (χ2n) is 9.50. The molecule has 158 valence electrons. The molecule has 3 rings (SSSR count). The molecule has 2 N–H and O–H groups in total. The van der Waals surface area contributed by atoms with Gasteiger partial charge in [0.25, 0.3) is 0 Å². The highest BCUT2D eigenvalue weighted by Crippen LogP contribution is 2.38. The van der Waals surface area contributed by atoms with Crippen LogP contribution >= 0.6 is 0 Å². The Hall–Kier alpha value is -2.54. The number of benzene rings is 1. The van der Waals surface area contributed by atoms with Gasteiger partial charge in [0.2, 0.25) is 0 Å². The van der Waals surface area contributed by atoms with Gasteiger partial charge in [-0.15, -0.1) is 0 Å². The first-order valence-electron chi connectivity index (χ1n) is 11.2. The zero-order valence-corrected chi connectivity index (χ0v) is 19.3. The molecule has 0 fully saturated rings. The molecule has 1 nitrogen and oxygen atoms in total. The highest BCUT2D eigenvalue weighted by atomic mass is 14.5. The fourth-order valence-electron chi connectivity index (χ4n) is 4.35. The Morgan fingerprint density at radius 2 is 2.00 bits per heavy atom. The summed E-state index contributed by atoms with van der Waals surface area (Å²) in [6.45, 7) is 15.6. The van der Waals surface area contributed by atoms with Gasteiger partial charge in [0.15, 0.2) is 0 Å². The Kier molecular flexibility index (Phi) is 6.71. The summed E-state index contributed by atoms with van der Waals surface area (Å²) in [6, 6.07) is 6.48. The zero-order chi connectivity index (χ0) is 21.9. The van der Waals surface area contributed by atoms with Crippen molar-refractivity contribution in [2.24, 2.45) is 11.3 Å². The van der Waals surface area contributed by atoms with Crippen LogP contribution in [0.25, 0.3) is 0 Å². The van der Waals surface area contributed by atoms with E-state index in [4.69, 9.17) is 5.73 Å². The van der Waals surface area contributed by atoms with E-state index in [0.717, 1.165) is 24.9 Å². The third-order valence-corrected chi connectivity index (χ3v) is 6.61. The molecule has 2 aliphatic rings. The molecular formula is C29H37N. The first-order valence-corrected chi connectivity index (χ1v) is 11.2. The normalized spacial score (nSPS) is 21.4. The van der Waals surface area contributed by atoms with Crippen molar-refractivity contribution >= 4 is 5.69 Å². The molecule has 0 spiro atoms. The highest BCUT2D eigenvalue weighted by Gasteiger charge is 2.22. The minimum absolute atomic E-state index is 0.0921. The molecule has 0 saturated heterocycles. The molecule has 0 heterocycles. The molecule has 0 amide bonds. The number of nitrogen functional groups attached to an aromatic ring is 1. The van der Waals surface area contributed by atoms with Crippen LogP contribution in [0.15, 0.2) is 89.6 Å². The average Bonchev–Trinajstić information content (AvgIpc) is 2.90. The SMILES string of the molecule is C=C(CC1=CC(C(C)c2ccc(N)c(C)c2)CC=C1CC)C1=CC=CC(C)(C)C=C1. The summed E-state index contributed by atoms with van der Waals surface area (Å²) < 4.78 is 0. The lowest BCUT2D eigenvalue weighted by molar-refractivity contribution is 0.536. The first kappa shape index (κ1) is 22.2. The lowest BCUT2D eigenvalue weighted by Gasteiger charge is -2.27. The van der Waals surface area contributed by atoms with Crippen molar-refractivity contribution in [1.82, 2.24) is 0 Å². The maximum absolute atomic E-state index is 6.03. The molecule has 0 bridgehead atoms. The Morgan fingerprint density at radius 1 is 1.23 bits per heavy atom. The molecule has 1 heteroatoms. The van der Waals surface area contributed by atoms with Gasteiger partial charge in [-0.05, 0) is 77.5 Å². The predicted octanol–water partition coefficient (Wildman–Crippen LogP) is 7.99. The molecule has 2 unspecified atom stereocenters. The maximum Gasteiger partial charge on any atom is 0.0343 e. The van der Waals surface area contributed by atoms with Gasteiger partial charge in [0.05, 0.1) is 0 Å². The van der Waals surface area contributed by atoms with Crippen LogP contribution in [0.3, 0.4) is 0 Å². The topological polar surface area (TPSA) is 26.0 Å². The van der Waals surface area contributed by atoms with Gasteiger partial charge >= 0.3 is 0 Å². The van der Waals surface area contributed by atoms with Crippen LogP contribution in [0.4, 0.5) is 5.69 Å². The Labute approximate surface area is 183 Å². The van der Waals surface area contributed by atoms with Crippen LogP contribution in [0.2, 0.25) is 0 Å². The smallest absolute Gasteiger partial charge is 0.0343 e. The minimum atomic E-state index is 0.0921. The van der Waals surface area contributed by atoms with Crippen LogP contribution in [-0.2, 0) is 0 Å². The minimum Gasteiger partial charge on any atom is -0.399 e. The second-order valence-corrected chi connectivity index (χ2v) is 9.50. The van der Waals surface area contributed by atoms with E-state index in [1.807, 2.05) is 6.07 Å². The monoisotopic (exact) mass is 399 g/mol. The number of rotatable bonds is 6. The summed E-state index contributed by atoms with van der Waals surface area (Å²) in [4.78, 5) is 0. The van der Waals surface area contributed by atoms with Gasteiger partial charge in [0, 0.05) is 11.1 Å². The zero-order valence-electron chi connectivity index (χ0n) is 19.3. The summed E-state index contributed by atoms with van der Waals surface area (Å²) in [6.07, 6.45) is 19.2. The van der Waals surface area contributed by atoms with Crippen molar-refractivity contribution < 1.29 is 0 Å². The number of nitrogens with two attached hydrogens (primary N) is 1. The fraction of sp³-hybridized carbons (Fsp3) is 0.379. The molecule has 30 heavy (non-hydrogen) atoms. The molecule has 0 aliphatic heterocycles. The van der Waals surface area contributed by atoms with Crippen LogP contribution in [0.5, 0.6) is 0 Å².